The fourth-order valence-corrected chi connectivity index (χ4v) is 1.55. The molecular weight excluding hydrogens is 166 g/mol. The van der Waals surface area contributed by atoms with Crippen molar-refractivity contribution in [1.82, 2.24) is 19.7 Å². The normalized spacial score (nSPS) is 11.0. The van der Waals surface area contributed by atoms with E-state index in [-0.39, 0.29) is 0 Å². The summed E-state index contributed by atoms with van der Waals surface area (Å²) in [6.07, 6.45) is 0. The van der Waals surface area contributed by atoms with Crippen LogP contribution in [0.3, 0.4) is 0 Å². The van der Waals surface area contributed by atoms with Crippen molar-refractivity contribution in [2.24, 2.45) is 7.05 Å². The van der Waals surface area contributed by atoms with Crippen molar-refractivity contribution in [3.8, 4) is 0 Å². The van der Waals surface area contributed by atoms with Crippen molar-refractivity contribution in [3.05, 3.63) is 11.4 Å². The van der Waals surface area contributed by atoms with Gasteiger partial charge in [0.05, 0.1) is 11.4 Å². The van der Waals surface area contributed by atoms with Crippen LogP contribution in [0.15, 0.2) is 0 Å². The second-order valence-corrected chi connectivity index (χ2v) is 3.07. The highest BCUT2D eigenvalue weighted by atomic mass is 15.3. The maximum absolute atomic E-state index is 5.54. The number of rotatable bonds is 0. The third-order valence-corrected chi connectivity index (χ3v) is 2.04. The van der Waals surface area contributed by atoms with E-state index in [9.17, 15) is 0 Å². The summed E-state index contributed by atoms with van der Waals surface area (Å²) in [7, 11) is 1.88. The summed E-state index contributed by atoms with van der Waals surface area (Å²) in [5.41, 5.74) is 9.08. The average Bonchev–Trinajstić information content (AvgIpc) is 2.27. The molecule has 0 unspecified atom stereocenters. The van der Waals surface area contributed by atoms with E-state index >= 15 is 0 Å². The van der Waals surface area contributed by atoms with Crippen LogP contribution < -0.4 is 5.73 Å². The third-order valence-electron chi connectivity index (χ3n) is 2.04. The number of nitrogen functional groups attached to an aromatic ring is 1. The predicted octanol–water partition coefficient (Wildman–Crippen LogP) is 0.562. The van der Waals surface area contributed by atoms with Crippen molar-refractivity contribution in [2.75, 3.05) is 5.73 Å². The molecule has 0 aliphatic carbocycles. The first-order valence-electron chi connectivity index (χ1n) is 4.03. The van der Waals surface area contributed by atoms with E-state index in [1.165, 1.54) is 0 Å². The van der Waals surface area contributed by atoms with Gasteiger partial charge in [-0.1, -0.05) is 0 Å². The minimum Gasteiger partial charge on any atom is -0.368 e. The van der Waals surface area contributed by atoms with E-state index in [0.29, 0.717) is 5.95 Å². The Kier molecular flexibility index (Phi) is 1.48. The molecule has 5 nitrogen and oxygen atoms in total. The van der Waals surface area contributed by atoms with Crippen molar-refractivity contribution in [2.45, 2.75) is 13.8 Å². The van der Waals surface area contributed by atoms with Gasteiger partial charge < -0.3 is 5.73 Å². The van der Waals surface area contributed by atoms with Gasteiger partial charge in [-0.3, -0.25) is 4.68 Å². The first-order chi connectivity index (χ1) is 6.09. The summed E-state index contributed by atoms with van der Waals surface area (Å²) in [5.74, 6) is 0.307. The van der Waals surface area contributed by atoms with Gasteiger partial charge in [-0.05, 0) is 13.8 Å². The number of hydrogen-bond donors (Lipinski definition) is 1. The lowest BCUT2D eigenvalue weighted by atomic mass is 10.3. The fourth-order valence-electron chi connectivity index (χ4n) is 1.55. The highest BCUT2D eigenvalue weighted by Crippen LogP contribution is 2.17. The number of nitrogens with zero attached hydrogens (tertiary/aromatic N) is 4. The second-order valence-electron chi connectivity index (χ2n) is 3.07. The molecule has 0 saturated carbocycles. The Labute approximate surface area is 75.6 Å². The molecule has 0 aliphatic heterocycles. The van der Waals surface area contributed by atoms with Gasteiger partial charge in [0, 0.05) is 7.05 Å². The summed E-state index contributed by atoms with van der Waals surface area (Å²) in [5, 5.41) is 4.25. The van der Waals surface area contributed by atoms with Gasteiger partial charge >= 0.3 is 0 Å². The Morgan fingerprint density at radius 3 is 2.54 bits per heavy atom. The number of nitrogens with two attached hydrogens (primary N) is 1. The minimum absolute atomic E-state index is 0.307. The number of aromatic nitrogens is 4. The van der Waals surface area contributed by atoms with Crippen molar-refractivity contribution in [3.63, 3.8) is 0 Å². The van der Waals surface area contributed by atoms with E-state index in [4.69, 9.17) is 5.73 Å². The molecule has 0 aliphatic rings. The Morgan fingerprint density at radius 1 is 1.15 bits per heavy atom. The molecule has 2 heterocycles. The molecule has 2 N–H and O–H groups in total. The summed E-state index contributed by atoms with van der Waals surface area (Å²) in [6, 6.07) is 0. The molecule has 0 fully saturated rings. The van der Waals surface area contributed by atoms with Crippen LogP contribution >= 0.6 is 0 Å². The molecule has 0 amide bonds. The molecule has 0 saturated heterocycles. The van der Waals surface area contributed by atoms with Crippen LogP contribution in [-0.4, -0.2) is 19.7 Å². The van der Waals surface area contributed by atoms with E-state index in [1.54, 1.807) is 4.68 Å². The number of fused-ring (bicyclic) bond motifs is 1. The molecule has 0 spiro atoms. The molecule has 0 atom stereocenters. The van der Waals surface area contributed by atoms with Crippen LogP contribution in [0.4, 0.5) is 5.95 Å². The van der Waals surface area contributed by atoms with Crippen molar-refractivity contribution in [1.29, 1.82) is 0 Å². The van der Waals surface area contributed by atoms with Crippen LogP contribution in [0, 0.1) is 13.8 Å². The van der Waals surface area contributed by atoms with Crippen LogP contribution in [0.2, 0.25) is 0 Å². The second kappa shape index (κ2) is 2.42. The molecular formula is C8H11N5. The van der Waals surface area contributed by atoms with Crippen LogP contribution in [0.25, 0.3) is 11.0 Å². The summed E-state index contributed by atoms with van der Waals surface area (Å²) in [6.45, 7) is 3.82. The molecule has 2 aromatic rings. The zero-order valence-electron chi connectivity index (χ0n) is 7.87. The van der Waals surface area contributed by atoms with Gasteiger partial charge in [0.15, 0.2) is 0 Å². The smallest absolute Gasteiger partial charge is 0.220 e. The highest BCUT2D eigenvalue weighted by molar-refractivity contribution is 5.80. The van der Waals surface area contributed by atoms with Gasteiger partial charge in [-0.2, -0.15) is 5.10 Å². The Morgan fingerprint density at radius 2 is 1.85 bits per heavy atom. The van der Waals surface area contributed by atoms with Gasteiger partial charge in [-0.25, -0.2) is 9.97 Å². The molecule has 13 heavy (non-hydrogen) atoms. The fraction of sp³-hybridized carbons (Fsp3) is 0.375. The Hall–Kier alpha value is -1.65. The third kappa shape index (κ3) is 1.04. The number of aryl methyl sites for hydroxylation is 3. The highest BCUT2D eigenvalue weighted by Gasteiger charge is 2.10. The van der Waals surface area contributed by atoms with Gasteiger partial charge in [0.1, 0.15) is 11.0 Å². The maximum atomic E-state index is 5.54. The van der Waals surface area contributed by atoms with Crippen LogP contribution in [0.5, 0.6) is 0 Å². The lowest BCUT2D eigenvalue weighted by Crippen LogP contribution is -1.99. The number of hydrogen-bond acceptors (Lipinski definition) is 4. The SMILES string of the molecule is Cc1nn(C)c2c(C)nc(N)nc12. The van der Waals surface area contributed by atoms with E-state index < -0.39 is 0 Å². The first kappa shape index (κ1) is 7.97. The molecule has 0 bridgehead atoms. The monoisotopic (exact) mass is 177 g/mol. The van der Waals surface area contributed by atoms with E-state index in [1.807, 2.05) is 20.9 Å². The number of anilines is 1. The largest absolute Gasteiger partial charge is 0.368 e. The van der Waals surface area contributed by atoms with E-state index in [0.717, 1.165) is 22.4 Å². The quantitative estimate of drug-likeness (QED) is 0.638. The summed E-state index contributed by atoms with van der Waals surface area (Å²) >= 11 is 0. The van der Waals surface area contributed by atoms with Crippen molar-refractivity contribution >= 4 is 17.0 Å². The molecule has 68 valence electrons. The topological polar surface area (TPSA) is 69.6 Å². The van der Waals surface area contributed by atoms with Crippen molar-refractivity contribution < 1.29 is 0 Å². The molecule has 0 radical (unpaired) electrons. The predicted molar refractivity (Wildman–Crippen MR) is 50.2 cm³/mol. The zero-order valence-corrected chi connectivity index (χ0v) is 7.87. The summed E-state index contributed by atoms with van der Waals surface area (Å²) < 4.78 is 1.78. The van der Waals surface area contributed by atoms with Crippen LogP contribution in [-0.2, 0) is 7.05 Å². The van der Waals surface area contributed by atoms with Gasteiger partial charge in [-0.15, -0.1) is 0 Å². The molecule has 5 heteroatoms. The molecule has 0 aromatic carbocycles. The maximum Gasteiger partial charge on any atom is 0.220 e. The van der Waals surface area contributed by atoms with Gasteiger partial charge in [0.25, 0.3) is 0 Å². The van der Waals surface area contributed by atoms with E-state index in [2.05, 4.69) is 15.1 Å². The standard InChI is InChI=1S/C8H11N5/c1-4-6-7(13(3)12-4)5(2)10-8(9)11-6/h1-3H3,(H2,9,10,11). The Bertz CT molecular complexity index is 471. The molecule has 2 rings (SSSR count). The minimum atomic E-state index is 0.307. The average molecular weight is 177 g/mol. The van der Waals surface area contributed by atoms with Gasteiger partial charge in [0.2, 0.25) is 5.95 Å². The lowest BCUT2D eigenvalue weighted by molar-refractivity contribution is 0.779. The molecule has 2 aromatic heterocycles. The lowest BCUT2D eigenvalue weighted by Gasteiger charge is -1.98. The summed E-state index contributed by atoms with van der Waals surface area (Å²) in [4.78, 5) is 8.22. The zero-order chi connectivity index (χ0) is 9.59. The van der Waals surface area contributed by atoms with Crippen LogP contribution in [0.1, 0.15) is 11.4 Å². The Balaban J connectivity index is 2.97. The first-order valence-corrected chi connectivity index (χ1v) is 4.03.